The molecule has 284 valence electrons. The molecule has 0 aromatic heterocycles. The normalized spacial score (nSPS) is 32.6. The Kier molecular flexibility index (Phi) is 1.97. The fourth-order valence-corrected chi connectivity index (χ4v) is 27.4. The Morgan fingerprint density at radius 2 is 0.507 bits per heavy atom. The Labute approximate surface area is 368 Å². The highest BCUT2D eigenvalue weighted by atomic mass is 15.5. The molecule has 2 nitrogen and oxygen atoms in total. The highest BCUT2D eigenvalue weighted by Gasteiger charge is 2.82. The zero-order valence-electron chi connectivity index (χ0n) is 35.0. The van der Waals surface area contributed by atoms with Crippen molar-refractivity contribution >= 4 is 215 Å². The third kappa shape index (κ3) is 1.24. The molecule has 6 atom stereocenters. The van der Waals surface area contributed by atoms with Crippen molar-refractivity contribution in [2.45, 2.75) is 34.7 Å². The first-order valence-electron chi connectivity index (χ1n) is 26.1. The maximum atomic E-state index is 3.25. The third-order valence-electron chi connectivity index (χ3n) is 27.2. The van der Waals surface area contributed by atoms with Gasteiger partial charge in [-0.3, -0.25) is 4.90 Å². The average molecular weight is 824 g/mol. The van der Waals surface area contributed by atoms with Crippen LogP contribution in [0.5, 0.6) is 0 Å². The van der Waals surface area contributed by atoms with Crippen molar-refractivity contribution in [3.8, 4) is 11.1 Å². The van der Waals surface area contributed by atoms with Crippen molar-refractivity contribution in [1.29, 1.82) is 0 Å². The van der Waals surface area contributed by atoms with E-state index in [1.165, 1.54) is 30.7 Å². The summed E-state index contributed by atoms with van der Waals surface area (Å²) in [7, 11) is 2.84. The van der Waals surface area contributed by atoms with Gasteiger partial charge in [-0.2, -0.15) is 0 Å². The quantitative estimate of drug-likeness (QED) is 0.109. The first kappa shape index (κ1) is 24.6. The lowest BCUT2D eigenvalue weighted by Gasteiger charge is -2.71. The van der Waals surface area contributed by atoms with Crippen LogP contribution >= 0.6 is 0 Å². The molecule has 2 heteroatoms. The van der Waals surface area contributed by atoms with Gasteiger partial charge in [-0.05, 0) is 250 Å². The van der Waals surface area contributed by atoms with Crippen LogP contribution in [-0.4, -0.2) is 42.6 Å². The van der Waals surface area contributed by atoms with Gasteiger partial charge in [0.25, 0.3) is 0 Å². The van der Waals surface area contributed by atoms with Crippen molar-refractivity contribution in [3.05, 3.63) is 66.8 Å². The van der Waals surface area contributed by atoms with E-state index in [9.17, 15) is 0 Å². The van der Waals surface area contributed by atoms with E-state index in [1.807, 2.05) is 66.8 Å². The Bertz CT molecular complexity index is 6750. The fraction of sp³-hybridized carbons (Fsp3) is 0.169. The molecule has 12 aliphatic carbocycles. The van der Waals surface area contributed by atoms with Gasteiger partial charge in [0.2, 0.25) is 0 Å². The topological polar surface area (TPSA) is 3.24 Å². The van der Waals surface area contributed by atoms with Gasteiger partial charge in [-0.25, -0.2) is 0 Å². The molecule has 2 spiro atoms. The van der Waals surface area contributed by atoms with E-state index in [2.05, 4.69) is 11.9 Å². The summed E-state index contributed by atoms with van der Waals surface area (Å²) in [5.74, 6) is 1.75. The summed E-state index contributed by atoms with van der Waals surface area (Å²) in [5.41, 5.74) is 25.2. The van der Waals surface area contributed by atoms with Gasteiger partial charge in [-0.1, -0.05) is 0 Å². The monoisotopic (exact) mass is 823 g/mol. The third-order valence-corrected chi connectivity index (χ3v) is 27.2. The second-order valence-corrected chi connectivity index (χ2v) is 26.7. The molecule has 3 saturated heterocycles. The van der Waals surface area contributed by atoms with E-state index in [0.29, 0.717) is 23.7 Å². The van der Waals surface area contributed by atoms with E-state index in [4.69, 9.17) is 0 Å². The Hall–Kier alpha value is -7.10. The number of fused-ring (bicyclic) bond motifs is 2. The average Bonchev–Trinajstić information content (AvgIpc) is 4.23. The molecule has 3 fully saturated rings. The van der Waals surface area contributed by atoms with Gasteiger partial charge < -0.3 is 4.48 Å². The summed E-state index contributed by atoms with van der Waals surface area (Å²) in [6.07, 6.45) is 0. The number of nitrogens with zero attached hydrogens (tertiary/aromatic N) is 2. The fourth-order valence-electron chi connectivity index (χ4n) is 27.4. The molecular weight excluding hydrogens is 809 g/mol. The van der Waals surface area contributed by atoms with Crippen molar-refractivity contribution in [2.24, 2.45) is 0 Å². The molecule has 20 aromatic rings. The Morgan fingerprint density at radius 3 is 0.881 bits per heavy atom. The number of rotatable bonds is 0. The number of piperazine rings is 3. The second-order valence-electron chi connectivity index (χ2n) is 26.7. The molecule has 0 saturated carbocycles. The van der Waals surface area contributed by atoms with Crippen LogP contribution in [0.2, 0.25) is 0 Å². The van der Waals surface area contributed by atoms with Crippen LogP contribution in [-0.2, 0) is 11.1 Å². The van der Waals surface area contributed by atoms with Crippen LogP contribution in [0, 0.1) is 0 Å². The maximum Gasteiger partial charge on any atom is 0.180 e. The van der Waals surface area contributed by atoms with Crippen molar-refractivity contribution in [3.63, 3.8) is 0 Å². The van der Waals surface area contributed by atoms with Crippen molar-refractivity contribution in [1.82, 2.24) is 4.90 Å². The zero-order chi connectivity index (χ0) is 39.4. The highest BCUT2D eigenvalue weighted by molar-refractivity contribution is 6.72. The van der Waals surface area contributed by atoms with Gasteiger partial charge >= 0.3 is 0 Å². The van der Waals surface area contributed by atoms with E-state index in [-0.39, 0.29) is 11.1 Å². The minimum Gasteiger partial charge on any atom is -0.309 e. The van der Waals surface area contributed by atoms with Crippen LogP contribution in [0.15, 0.2) is 0 Å². The SMILES string of the molecule is C[N+]12CCN(CC1)C13c4c5c6c7c8c4c4c1c1c9c%10c%11c%12c(c5c5c6c6c%13c%14c%15c%16c%17c%18c%19c%20c%21c%22c%23c%24c%25c(c-%16c(c8c%25c4c%24c1c%22c9c1c%21c4c%19c(c%18%14)c8c%13c5c%12c8c4c%111)C7C%156)C%17C%23%20)C%1032. The molecular formula is C65H15N2+. The minimum absolute atomic E-state index is 0.177. The lowest BCUT2D eigenvalue weighted by Crippen LogP contribution is -2.84. The van der Waals surface area contributed by atoms with Gasteiger partial charge in [0.1, 0.15) is 5.54 Å². The summed E-state index contributed by atoms with van der Waals surface area (Å²) in [6.45, 7) is 4.91. The van der Waals surface area contributed by atoms with Crippen LogP contribution in [0.4, 0.5) is 0 Å². The van der Waals surface area contributed by atoms with Crippen LogP contribution in [0.1, 0.15) is 90.4 Å². The van der Waals surface area contributed by atoms with Crippen molar-refractivity contribution < 1.29 is 4.48 Å². The summed E-state index contributed by atoms with van der Waals surface area (Å²) in [4.78, 5) is 3.25. The zero-order valence-corrected chi connectivity index (χ0v) is 35.0. The van der Waals surface area contributed by atoms with Crippen LogP contribution in [0.25, 0.3) is 227 Å². The lowest BCUT2D eigenvalue weighted by atomic mass is 9.53. The number of likely N-dealkylation sites (N-methyl/N-ethyl adjacent to an activating group) is 1. The first-order valence-corrected chi connectivity index (χ1v) is 26.1. The standard InChI is InChI=1S/C65H15N2/c1-67-4-2-66(3-5-67)64-60-52-44-34-24-16-8-6-7-10-14-12(8)20-28-22(14)32-26-18(10)19-11(7)15-13-9(6)17(16)25-31-21(13)29-23(15)33-27(19)37-36(26)48-42(32)50-40(28)46(38(44)30(20)24)54(60)56(50)62-58(48)59-49(37)43(33)51-41(29)47-39(31)45(35(25)34)53(52)61(64)55(47)57(51)63(59)65(62,64)67/h8,12,21,31H,2-5H2,1H3/q+1. The molecule has 20 aromatic carbocycles. The summed E-state index contributed by atoms with van der Waals surface area (Å²) in [6, 6.07) is 0. The summed E-state index contributed by atoms with van der Waals surface area (Å²) >= 11 is 0. The molecule has 2 bridgehead atoms. The summed E-state index contributed by atoms with van der Waals surface area (Å²) in [5, 5.41) is 70.2. The predicted molar refractivity (Wildman–Crippen MR) is 271 cm³/mol. The Balaban J connectivity index is 1.21. The van der Waals surface area contributed by atoms with Crippen LogP contribution < -0.4 is 0 Å². The molecule has 3 heterocycles. The van der Waals surface area contributed by atoms with E-state index >= 15 is 0 Å². The number of hydrogen-bond donors (Lipinski definition) is 0. The van der Waals surface area contributed by atoms with Gasteiger partial charge in [0.05, 0.1) is 20.1 Å². The molecule has 6 unspecified atom stereocenters. The molecule has 0 radical (unpaired) electrons. The number of benzene rings is 14. The summed E-state index contributed by atoms with van der Waals surface area (Å²) < 4.78 is 1.17. The molecule has 3 aliphatic heterocycles. The number of hydrogen-bond acceptors (Lipinski definition) is 1. The van der Waals surface area contributed by atoms with Gasteiger partial charge in [-0.15, -0.1) is 0 Å². The molecule has 15 aliphatic rings. The molecule has 67 heavy (non-hydrogen) atoms. The smallest absolute Gasteiger partial charge is 0.180 e. The highest BCUT2D eigenvalue weighted by Crippen LogP contribution is 2.89. The predicted octanol–water partition coefficient (Wildman–Crippen LogP) is 14.4. The minimum atomic E-state index is -0.206. The van der Waals surface area contributed by atoms with E-state index in [1.54, 1.807) is 227 Å². The lowest BCUT2D eigenvalue weighted by molar-refractivity contribution is -0.983. The number of quaternary nitrogens is 1. The van der Waals surface area contributed by atoms with E-state index < -0.39 is 0 Å². The van der Waals surface area contributed by atoms with Crippen molar-refractivity contribution in [2.75, 3.05) is 33.2 Å². The maximum absolute atomic E-state index is 3.25. The largest absolute Gasteiger partial charge is 0.309 e. The van der Waals surface area contributed by atoms with Crippen LogP contribution in [0.3, 0.4) is 0 Å². The molecule has 35 rings (SSSR count). The van der Waals surface area contributed by atoms with Gasteiger partial charge in [0.15, 0.2) is 5.54 Å². The second kappa shape index (κ2) is 5.36. The van der Waals surface area contributed by atoms with E-state index in [0.717, 1.165) is 0 Å². The first-order chi connectivity index (χ1) is 33.3. The molecule has 0 amide bonds. The Morgan fingerprint density at radius 1 is 0.284 bits per heavy atom. The molecule has 0 N–H and O–H groups in total. The van der Waals surface area contributed by atoms with Gasteiger partial charge in [0, 0.05) is 80.6 Å².